The van der Waals surface area contributed by atoms with Gasteiger partial charge in [-0.05, 0) is 23.8 Å². The molecule has 0 saturated heterocycles. The fraction of sp³-hybridized carbons (Fsp3) is 0.0667. The summed E-state index contributed by atoms with van der Waals surface area (Å²) in [4.78, 5) is 23.4. The van der Waals surface area contributed by atoms with Crippen molar-refractivity contribution in [3.63, 3.8) is 0 Å². The summed E-state index contributed by atoms with van der Waals surface area (Å²) in [6.45, 7) is 0. The van der Waals surface area contributed by atoms with Gasteiger partial charge in [-0.25, -0.2) is 10.2 Å². The van der Waals surface area contributed by atoms with Crippen molar-refractivity contribution >= 4 is 40.8 Å². The Kier molecular flexibility index (Phi) is 5.81. The molecule has 0 aliphatic carbocycles. The van der Waals surface area contributed by atoms with Crippen LogP contribution in [0.1, 0.15) is 11.7 Å². The van der Waals surface area contributed by atoms with Gasteiger partial charge >= 0.3 is 6.03 Å². The van der Waals surface area contributed by atoms with Gasteiger partial charge in [0.2, 0.25) is 0 Å². The van der Waals surface area contributed by atoms with Crippen LogP contribution in [-0.2, 0) is 4.79 Å². The van der Waals surface area contributed by atoms with E-state index in [-0.39, 0.29) is 5.02 Å². The molecule has 6 nitrogen and oxygen atoms in total. The first-order valence-corrected chi connectivity index (χ1v) is 7.28. The maximum absolute atomic E-state index is 11.8. The van der Waals surface area contributed by atoms with Gasteiger partial charge in [0.15, 0.2) is 6.10 Å². The second kappa shape index (κ2) is 7.82. The fourth-order valence-electron chi connectivity index (χ4n) is 1.71. The van der Waals surface area contributed by atoms with Gasteiger partial charge in [0.05, 0.1) is 10.0 Å². The maximum Gasteiger partial charge on any atom is 0.337 e. The number of amides is 3. The first kappa shape index (κ1) is 17.1. The predicted octanol–water partition coefficient (Wildman–Crippen LogP) is 2.88. The smallest absolute Gasteiger partial charge is 0.337 e. The molecule has 4 N–H and O–H groups in total. The third kappa shape index (κ3) is 4.85. The minimum atomic E-state index is -1.39. The molecule has 0 radical (unpaired) electrons. The molecule has 2 aromatic rings. The van der Waals surface area contributed by atoms with Crippen molar-refractivity contribution in [2.45, 2.75) is 6.10 Å². The molecule has 0 bridgehead atoms. The van der Waals surface area contributed by atoms with E-state index in [9.17, 15) is 14.7 Å². The zero-order valence-corrected chi connectivity index (χ0v) is 13.2. The van der Waals surface area contributed by atoms with Gasteiger partial charge in [-0.15, -0.1) is 0 Å². The Morgan fingerprint density at radius 3 is 2.30 bits per heavy atom. The number of halogens is 2. The molecule has 2 rings (SSSR count). The highest BCUT2D eigenvalue weighted by Gasteiger charge is 2.17. The van der Waals surface area contributed by atoms with Crippen LogP contribution in [0.3, 0.4) is 0 Å². The molecule has 0 aliphatic rings. The lowest BCUT2D eigenvalue weighted by Gasteiger charge is -2.13. The minimum absolute atomic E-state index is 0.285. The number of rotatable bonds is 3. The zero-order chi connectivity index (χ0) is 16.8. The molecule has 120 valence electrons. The molecule has 0 aromatic heterocycles. The van der Waals surface area contributed by atoms with Crippen molar-refractivity contribution in [1.82, 2.24) is 10.9 Å². The van der Waals surface area contributed by atoms with Gasteiger partial charge in [-0.1, -0.05) is 53.5 Å². The average molecular weight is 354 g/mol. The highest BCUT2D eigenvalue weighted by atomic mass is 35.5. The highest BCUT2D eigenvalue weighted by Crippen LogP contribution is 2.24. The minimum Gasteiger partial charge on any atom is -0.378 e. The van der Waals surface area contributed by atoms with E-state index in [1.807, 2.05) is 0 Å². The number of hydrazine groups is 1. The molecule has 0 aliphatic heterocycles. The van der Waals surface area contributed by atoms with E-state index in [2.05, 4.69) is 16.2 Å². The van der Waals surface area contributed by atoms with Crippen LogP contribution >= 0.6 is 23.2 Å². The molecule has 2 aromatic carbocycles. The summed E-state index contributed by atoms with van der Waals surface area (Å²) in [5, 5.41) is 12.9. The van der Waals surface area contributed by atoms with Crippen molar-refractivity contribution in [1.29, 1.82) is 0 Å². The lowest BCUT2D eigenvalue weighted by atomic mass is 10.1. The number of carbonyl (C=O) groups is 2. The van der Waals surface area contributed by atoms with Gasteiger partial charge in [-0.3, -0.25) is 10.2 Å². The van der Waals surface area contributed by atoms with Crippen LogP contribution < -0.4 is 16.2 Å². The second-order valence-electron chi connectivity index (χ2n) is 4.51. The largest absolute Gasteiger partial charge is 0.378 e. The van der Waals surface area contributed by atoms with Crippen molar-refractivity contribution in [3.8, 4) is 0 Å². The molecular weight excluding hydrogens is 341 g/mol. The van der Waals surface area contributed by atoms with E-state index in [0.717, 1.165) is 0 Å². The Hall–Kier alpha value is -2.28. The number of aliphatic hydroxyl groups excluding tert-OH is 1. The van der Waals surface area contributed by atoms with Crippen molar-refractivity contribution in [2.24, 2.45) is 0 Å². The standard InChI is InChI=1S/C15H13Cl2N3O3/c16-11-7-6-10(8-12(11)17)18-15(23)20-19-14(22)13(21)9-4-2-1-3-5-9/h1-8,13,21H,(H,19,22)(H2,18,20,23). The van der Waals surface area contributed by atoms with Gasteiger partial charge < -0.3 is 10.4 Å². The number of carbonyl (C=O) groups excluding carboxylic acids is 2. The van der Waals surface area contributed by atoms with Crippen LogP contribution in [0.25, 0.3) is 0 Å². The van der Waals surface area contributed by atoms with Gasteiger partial charge in [0, 0.05) is 5.69 Å². The molecular formula is C15H13Cl2N3O3. The van der Waals surface area contributed by atoms with Crippen LogP contribution in [0.15, 0.2) is 48.5 Å². The molecule has 3 amide bonds. The zero-order valence-electron chi connectivity index (χ0n) is 11.7. The van der Waals surface area contributed by atoms with Crippen molar-refractivity contribution in [3.05, 3.63) is 64.1 Å². The molecule has 0 heterocycles. The summed E-state index contributed by atoms with van der Waals surface area (Å²) in [7, 11) is 0. The van der Waals surface area contributed by atoms with Crippen LogP contribution in [0, 0.1) is 0 Å². The van der Waals surface area contributed by atoms with E-state index in [0.29, 0.717) is 16.3 Å². The second-order valence-corrected chi connectivity index (χ2v) is 5.32. The van der Waals surface area contributed by atoms with Crippen molar-refractivity contribution < 1.29 is 14.7 Å². The Balaban J connectivity index is 1.86. The van der Waals surface area contributed by atoms with Crippen LogP contribution in [0.4, 0.5) is 10.5 Å². The normalized spacial score (nSPS) is 11.4. The molecule has 8 heteroatoms. The van der Waals surface area contributed by atoms with E-state index in [4.69, 9.17) is 23.2 Å². The summed E-state index contributed by atoms with van der Waals surface area (Å²) >= 11 is 11.6. The number of hydrogen-bond donors (Lipinski definition) is 4. The lowest BCUT2D eigenvalue weighted by molar-refractivity contribution is -0.130. The topological polar surface area (TPSA) is 90.5 Å². The van der Waals surface area contributed by atoms with Gasteiger partial charge in [0.1, 0.15) is 0 Å². The summed E-state index contributed by atoms with van der Waals surface area (Å²) in [5.74, 6) is -0.763. The third-order valence-corrected chi connectivity index (χ3v) is 3.58. The highest BCUT2D eigenvalue weighted by molar-refractivity contribution is 6.42. The lowest BCUT2D eigenvalue weighted by Crippen LogP contribution is -2.45. The molecule has 23 heavy (non-hydrogen) atoms. The van der Waals surface area contributed by atoms with E-state index >= 15 is 0 Å². The number of aliphatic hydroxyl groups is 1. The first-order valence-electron chi connectivity index (χ1n) is 6.52. The van der Waals surface area contributed by atoms with Crippen LogP contribution in [0.2, 0.25) is 10.0 Å². The fourth-order valence-corrected chi connectivity index (χ4v) is 2.01. The number of urea groups is 1. The van der Waals surface area contributed by atoms with Crippen molar-refractivity contribution in [2.75, 3.05) is 5.32 Å². The van der Waals surface area contributed by atoms with E-state index < -0.39 is 18.0 Å². The maximum atomic E-state index is 11.8. The summed E-state index contributed by atoms with van der Waals surface area (Å²) in [6.07, 6.45) is -1.39. The Labute approximate surface area is 142 Å². The SMILES string of the molecule is O=C(NNC(=O)C(O)c1ccccc1)Nc1ccc(Cl)c(Cl)c1. The van der Waals surface area contributed by atoms with Gasteiger partial charge in [-0.2, -0.15) is 0 Å². The molecule has 0 fully saturated rings. The van der Waals surface area contributed by atoms with Crippen LogP contribution in [0.5, 0.6) is 0 Å². The van der Waals surface area contributed by atoms with E-state index in [1.54, 1.807) is 36.4 Å². The number of anilines is 1. The summed E-state index contributed by atoms with van der Waals surface area (Å²) in [6, 6.07) is 12.2. The van der Waals surface area contributed by atoms with Crippen LogP contribution in [-0.4, -0.2) is 17.0 Å². The quantitative estimate of drug-likeness (QED) is 0.639. The molecule has 0 saturated carbocycles. The third-order valence-electron chi connectivity index (χ3n) is 2.84. The number of benzene rings is 2. The average Bonchev–Trinajstić information content (AvgIpc) is 2.56. The van der Waals surface area contributed by atoms with Gasteiger partial charge in [0.25, 0.3) is 5.91 Å². The Morgan fingerprint density at radius 1 is 0.957 bits per heavy atom. The predicted molar refractivity (Wildman–Crippen MR) is 88.2 cm³/mol. The first-order chi connectivity index (χ1) is 11.0. The monoisotopic (exact) mass is 353 g/mol. The summed E-state index contributed by atoms with van der Waals surface area (Å²) < 4.78 is 0. The molecule has 1 unspecified atom stereocenters. The molecule has 1 atom stereocenters. The van der Waals surface area contributed by atoms with E-state index in [1.165, 1.54) is 12.1 Å². The summed E-state index contributed by atoms with van der Waals surface area (Å²) in [5.41, 5.74) is 5.06. The number of hydrogen-bond acceptors (Lipinski definition) is 3. The number of nitrogens with one attached hydrogen (secondary N) is 3. The Bertz CT molecular complexity index is 710. The Morgan fingerprint density at radius 2 is 1.65 bits per heavy atom. The molecule has 0 spiro atoms.